The average molecular weight is 292 g/mol. The fraction of sp³-hybridized carbons (Fsp3) is 0.111. The fourth-order valence-corrected chi connectivity index (χ4v) is 1.94. The molecule has 0 heterocycles. The van der Waals surface area contributed by atoms with Crippen molar-refractivity contribution in [2.45, 2.75) is 6.92 Å². The van der Waals surface area contributed by atoms with Gasteiger partial charge in [0, 0.05) is 11.8 Å². The van der Waals surface area contributed by atoms with Crippen LogP contribution in [0.25, 0.3) is 5.57 Å². The molecule has 1 amide bonds. The summed E-state index contributed by atoms with van der Waals surface area (Å²) < 4.78 is 5.11. The molecule has 110 valence electrons. The number of nitriles is 1. The molecule has 0 bridgehead atoms. The first-order valence-corrected chi connectivity index (χ1v) is 6.76. The van der Waals surface area contributed by atoms with Crippen LogP contribution in [0.2, 0.25) is 0 Å². The van der Waals surface area contributed by atoms with Crippen LogP contribution in [0.3, 0.4) is 0 Å². The molecule has 4 heteroatoms. The number of methoxy groups -OCH3 is 1. The Hall–Kier alpha value is -3.06. The van der Waals surface area contributed by atoms with E-state index in [1.807, 2.05) is 37.3 Å². The SMILES string of the molecule is COc1ccc(/C(C)=C/C(=O)Nc2ccc(C#N)cc2)cc1. The summed E-state index contributed by atoms with van der Waals surface area (Å²) in [6.07, 6.45) is 1.54. The van der Waals surface area contributed by atoms with Gasteiger partial charge in [-0.2, -0.15) is 5.26 Å². The molecule has 2 aromatic rings. The van der Waals surface area contributed by atoms with Crippen LogP contribution < -0.4 is 10.1 Å². The maximum atomic E-state index is 12.0. The summed E-state index contributed by atoms with van der Waals surface area (Å²) in [5.74, 6) is 0.566. The molecule has 0 aliphatic rings. The lowest BCUT2D eigenvalue weighted by Crippen LogP contribution is -2.08. The van der Waals surface area contributed by atoms with Gasteiger partial charge >= 0.3 is 0 Å². The molecule has 0 saturated carbocycles. The molecule has 0 aromatic heterocycles. The highest BCUT2D eigenvalue weighted by atomic mass is 16.5. The number of anilines is 1. The molecule has 2 rings (SSSR count). The molecule has 0 atom stereocenters. The Bertz CT molecular complexity index is 723. The third-order valence-electron chi connectivity index (χ3n) is 3.17. The number of benzene rings is 2. The highest BCUT2D eigenvalue weighted by Crippen LogP contribution is 2.18. The standard InChI is InChI=1S/C18H16N2O2/c1-13(15-5-9-17(22-2)10-6-15)11-18(21)20-16-7-3-14(12-19)4-8-16/h3-11H,1-2H3,(H,20,21)/b13-11+. The Morgan fingerprint density at radius 2 is 1.77 bits per heavy atom. The number of allylic oxidation sites excluding steroid dienone is 1. The zero-order valence-electron chi connectivity index (χ0n) is 12.5. The zero-order chi connectivity index (χ0) is 15.9. The van der Waals surface area contributed by atoms with Gasteiger partial charge in [0.2, 0.25) is 5.91 Å². The summed E-state index contributed by atoms with van der Waals surface area (Å²) in [4.78, 5) is 12.0. The van der Waals surface area contributed by atoms with Crippen LogP contribution in [-0.4, -0.2) is 13.0 Å². The van der Waals surface area contributed by atoms with Crippen LogP contribution in [0.1, 0.15) is 18.1 Å². The number of rotatable bonds is 4. The van der Waals surface area contributed by atoms with Gasteiger partial charge < -0.3 is 10.1 Å². The number of carbonyl (C=O) groups excluding carboxylic acids is 1. The summed E-state index contributed by atoms with van der Waals surface area (Å²) in [5, 5.41) is 11.5. The molecule has 0 unspecified atom stereocenters. The van der Waals surface area contributed by atoms with Crippen LogP contribution >= 0.6 is 0 Å². The number of amides is 1. The van der Waals surface area contributed by atoms with E-state index < -0.39 is 0 Å². The van der Waals surface area contributed by atoms with Crippen LogP contribution in [0, 0.1) is 11.3 Å². The van der Waals surface area contributed by atoms with Gasteiger partial charge in [0.05, 0.1) is 18.7 Å². The van der Waals surface area contributed by atoms with Gasteiger partial charge in [-0.3, -0.25) is 4.79 Å². The van der Waals surface area contributed by atoms with E-state index >= 15 is 0 Å². The summed E-state index contributed by atoms with van der Waals surface area (Å²) in [6, 6.07) is 16.3. The van der Waals surface area contributed by atoms with Crippen molar-refractivity contribution in [3.8, 4) is 11.8 Å². The van der Waals surface area contributed by atoms with Crippen LogP contribution in [0.5, 0.6) is 5.75 Å². The van der Waals surface area contributed by atoms with Crippen molar-refractivity contribution in [1.29, 1.82) is 5.26 Å². The molecular formula is C18H16N2O2. The molecule has 0 saturated heterocycles. The van der Waals surface area contributed by atoms with Crippen LogP contribution in [0.4, 0.5) is 5.69 Å². The minimum atomic E-state index is -0.210. The van der Waals surface area contributed by atoms with E-state index in [1.165, 1.54) is 0 Å². The largest absolute Gasteiger partial charge is 0.497 e. The third kappa shape index (κ3) is 3.97. The Morgan fingerprint density at radius 3 is 2.32 bits per heavy atom. The lowest BCUT2D eigenvalue weighted by atomic mass is 10.1. The lowest BCUT2D eigenvalue weighted by molar-refractivity contribution is -0.111. The predicted molar refractivity (Wildman–Crippen MR) is 86.4 cm³/mol. The van der Waals surface area contributed by atoms with E-state index in [0.29, 0.717) is 11.3 Å². The zero-order valence-corrected chi connectivity index (χ0v) is 12.5. The smallest absolute Gasteiger partial charge is 0.248 e. The van der Waals surface area contributed by atoms with Gasteiger partial charge in [-0.25, -0.2) is 0 Å². The molecule has 1 N–H and O–H groups in total. The molecule has 22 heavy (non-hydrogen) atoms. The Labute approximate surface area is 129 Å². The van der Waals surface area contributed by atoms with E-state index in [9.17, 15) is 4.79 Å². The van der Waals surface area contributed by atoms with Gasteiger partial charge in [-0.15, -0.1) is 0 Å². The van der Waals surface area contributed by atoms with Gasteiger partial charge in [0.15, 0.2) is 0 Å². The Kier molecular flexibility index (Phi) is 4.94. The third-order valence-corrected chi connectivity index (χ3v) is 3.17. The van der Waals surface area contributed by atoms with E-state index in [-0.39, 0.29) is 5.91 Å². The van der Waals surface area contributed by atoms with E-state index in [0.717, 1.165) is 16.9 Å². The van der Waals surface area contributed by atoms with E-state index in [1.54, 1.807) is 37.5 Å². The number of ether oxygens (including phenoxy) is 1. The Morgan fingerprint density at radius 1 is 1.14 bits per heavy atom. The number of nitrogens with one attached hydrogen (secondary N) is 1. The first-order valence-electron chi connectivity index (χ1n) is 6.76. The molecule has 0 spiro atoms. The van der Waals surface area contributed by atoms with Crippen molar-refractivity contribution < 1.29 is 9.53 Å². The van der Waals surface area contributed by atoms with Crippen molar-refractivity contribution in [3.63, 3.8) is 0 Å². The van der Waals surface area contributed by atoms with Crippen LogP contribution in [-0.2, 0) is 4.79 Å². The molecule has 0 fully saturated rings. The number of hydrogen-bond donors (Lipinski definition) is 1. The van der Waals surface area contributed by atoms with Gasteiger partial charge in [0.25, 0.3) is 0 Å². The maximum absolute atomic E-state index is 12.0. The molecule has 0 aliphatic carbocycles. The number of carbonyl (C=O) groups is 1. The maximum Gasteiger partial charge on any atom is 0.248 e. The first kappa shape index (κ1) is 15.3. The summed E-state index contributed by atoms with van der Waals surface area (Å²) in [7, 11) is 1.61. The van der Waals surface area contributed by atoms with Gasteiger partial charge in [-0.1, -0.05) is 12.1 Å². The first-order chi connectivity index (χ1) is 10.6. The quantitative estimate of drug-likeness (QED) is 0.876. The topological polar surface area (TPSA) is 62.1 Å². The lowest BCUT2D eigenvalue weighted by Gasteiger charge is -2.05. The second kappa shape index (κ2) is 7.09. The highest BCUT2D eigenvalue weighted by Gasteiger charge is 2.02. The number of nitrogens with zero attached hydrogens (tertiary/aromatic N) is 1. The minimum Gasteiger partial charge on any atom is -0.497 e. The second-order valence-electron chi connectivity index (χ2n) is 4.73. The minimum absolute atomic E-state index is 0.210. The van der Waals surface area contributed by atoms with Crippen molar-refractivity contribution in [3.05, 3.63) is 65.7 Å². The highest BCUT2D eigenvalue weighted by molar-refractivity contribution is 6.03. The van der Waals surface area contributed by atoms with Crippen molar-refractivity contribution in [1.82, 2.24) is 0 Å². The molecule has 4 nitrogen and oxygen atoms in total. The molecule has 2 aromatic carbocycles. The van der Waals surface area contributed by atoms with E-state index in [4.69, 9.17) is 10.00 Å². The van der Waals surface area contributed by atoms with Crippen molar-refractivity contribution >= 4 is 17.2 Å². The summed E-state index contributed by atoms with van der Waals surface area (Å²) >= 11 is 0. The predicted octanol–water partition coefficient (Wildman–Crippen LogP) is 3.61. The fourth-order valence-electron chi connectivity index (χ4n) is 1.94. The molecule has 0 aliphatic heterocycles. The average Bonchev–Trinajstić information content (AvgIpc) is 2.55. The van der Waals surface area contributed by atoms with Gasteiger partial charge in [-0.05, 0) is 54.5 Å². The van der Waals surface area contributed by atoms with E-state index in [2.05, 4.69) is 5.32 Å². The van der Waals surface area contributed by atoms with Gasteiger partial charge in [0.1, 0.15) is 5.75 Å². The van der Waals surface area contributed by atoms with Crippen molar-refractivity contribution in [2.75, 3.05) is 12.4 Å². The molecular weight excluding hydrogens is 276 g/mol. The number of hydrogen-bond acceptors (Lipinski definition) is 3. The van der Waals surface area contributed by atoms with Crippen molar-refractivity contribution in [2.24, 2.45) is 0 Å². The monoisotopic (exact) mass is 292 g/mol. The van der Waals surface area contributed by atoms with Crippen LogP contribution in [0.15, 0.2) is 54.6 Å². The normalized spacial score (nSPS) is 10.7. The second-order valence-corrected chi connectivity index (χ2v) is 4.73. The Balaban J connectivity index is 2.06. The summed E-state index contributed by atoms with van der Waals surface area (Å²) in [5.41, 5.74) is 3.02. The summed E-state index contributed by atoms with van der Waals surface area (Å²) in [6.45, 7) is 1.88. The molecule has 0 radical (unpaired) electrons.